The van der Waals surface area contributed by atoms with Crippen LogP contribution in [-0.2, 0) is 4.74 Å². The summed E-state index contributed by atoms with van der Waals surface area (Å²) in [6, 6.07) is 0.625. The summed E-state index contributed by atoms with van der Waals surface area (Å²) in [5, 5.41) is 3.59. The molecule has 1 atom stereocenters. The van der Waals surface area contributed by atoms with Crippen molar-refractivity contribution < 1.29 is 9.53 Å². The Morgan fingerprint density at radius 1 is 1.50 bits per heavy atom. The minimum absolute atomic E-state index is 0.202. The molecular weight excluding hydrogens is 252 g/mol. The van der Waals surface area contributed by atoms with Crippen molar-refractivity contribution in [3.8, 4) is 0 Å². The first-order chi connectivity index (χ1) is 9.35. The maximum atomic E-state index is 11.9. The first-order valence-corrected chi connectivity index (χ1v) is 7.74. The highest BCUT2D eigenvalue weighted by Gasteiger charge is 2.28. The molecule has 20 heavy (non-hydrogen) atoms. The Hall–Kier alpha value is -1.03. The average molecular weight is 280 g/mol. The summed E-state index contributed by atoms with van der Waals surface area (Å²) in [6.45, 7) is 10.4. The molecule has 1 saturated carbocycles. The Kier molecular flexibility index (Phi) is 4.74. The summed E-state index contributed by atoms with van der Waals surface area (Å²) in [5.41, 5.74) is 1.000. The van der Waals surface area contributed by atoms with Crippen LogP contribution < -0.4 is 5.32 Å². The SMILES string of the molecule is CC(NCC1=CCN(C(=O)OC(C)(C)C)CC1)C1CC1. The van der Waals surface area contributed by atoms with Crippen molar-refractivity contribution in [3.05, 3.63) is 11.6 Å². The van der Waals surface area contributed by atoms with Gasteiger partial charge in [0, 0.05) is 25.7 Å². The molecule has 2 aliphatic rings. The zero-order valence-corrected chi connectivity index (χ0v) is 13.2. The first kappa shape index (κ1) is 15.4. The smallest absolute Gasteiger partial charge is 0.410 e. The molecule has 1 heterocycles. The van der Waals surface area contributed by atoms with Gasteiger partial charge in [-0.2, -0.15) is 0 Å². The molecule has 0 aromatic carbocycles. The van der Waals surface area contributed by atoms with Crippen LogP contribution in [0.3, 0.4) is 0 Å². The predicted octanol–water partition coefficient (Wildman–Crippen LogP) is 2.94. The maximum absolute atomic E-state index is 11.9. The monoisotopic (exact) mass is 280 g/mol. The molecule has 114 valence electrons. The highest BCUT2D eigenvalue weighted by atomic mass is 16.6. The van der Waals surface area contributed by atoms with Crippen LogP contribution in [0.5, 0.6) is 0 Å². The minimum atomic E-state index is -0.414. The number of rotatable bonds is 4. The summed E-state index contributed by atoms with van der Waals surface area (Å²) >= 11 is 0. The van der Waals surface area contributed by atoms with Crippen LogP contribution in [0.1, 0.15) is 47.0 Å². The predicted molar refractivity (Wildman–Crippen MR) is 80.7 cm³/mol. The van der Waals surface area contributed by atoms with Gasteiger partial charge in [-0.3, -0.25) is 0 Å². The van der Waals surface area contributed by atoms with E-state index in [1.165, 1.54) is 18.4 Å². The van der Waals surface area contributed by atoms with Gasteiger partial charge in [-0.1, -0.05) is 11.6 Å². The van der Waals surface area contributed by atoms with E-state index in [0.29, 0.717) is 12.6 Å². The molecule has 1 amide bonds. The van der Waals surface area contributed by atoms with E-state index in [0.717, 1.165) is 25.4 Å². The van der Waals surface area contributed by atoms with Gasteiger partial charge in [0.2, 0.25) is 0 Å². The summed E-state index contributed by atoms with van der Waals surface area (Å²) < 4.78 is 5.39. The lowest BCUT2D eigenvalue weighted by Gasteiger charge is -2.30. The molecule has 2 rings (SSSR count). The topological polar surface area (TPSA) is 41.6 Å². The standard InChI is InChI=1S/C16H28N2O2/c1-12(14-5-6-14)17-11-13-7-9-18(10-8-13)15(19)20-16(2,3)4/h7,12,14,17H,5-6,8-11H2,1-4H3. The fourth-order valence-electron chi connectivity index (χ4n) is 2.42. The lowest BCUT2D eigenvalue weighted by Crippen LogP contribution is -2.40. The quantitative estimate of drug-likeness (QED) is 0.805. The van der Waals surface area contributed by atoms with E-state index in [4.69, 9.17) is 4.74 Å². The Morgan fingerprint density at radius 3 is 2.70 bits per heavy atom. The van der Waals surface area contributed by atoms with Crippen molar-refractivity contribution in [2.75, 3.05) is 19.6 Å². The van der Waals surface area contributed by atoms with Gasteiger partial charge in [0.05, 0.1) is 0 Å². The Balaban J connectivity index is 1.73. The normalized spacial score (nSPS) is 21.4. The van der Waals surface area contributed by atoms with E-state index >= 15 is 0 Å². The van der Waals surface area contributed by atoms with Crippen molar-refractivity contribution in [1.29, 1.82) is 0 Å². The molecule has 0 aromatic heterocycles. The van der Waals surface area contributed by atoms with Gasteiger partial charge in [-0.05, 0) is 52.9 Å². The van der Waals surface area contributed by atoms with E-state index in [2.05, 4.69) is 18.3 Å². The maximum Gasteiger partial charge on any atom is 0.410 e. The zero-order valence-electron chi connectivity index (χ0n) is 13.2. The molecule has 1 aliphatic carbocycles. The Labute approximate surface area is 122 Å². The van der Waals surface area contributed by atoms with Gasteiger partial charge in [-0.25, -0.2) is 4.79 Å². The van der Waals surface area contributed by atoms with Gasteiger partial charge >= 0.3 is 6.09 Å². The first-order valence-electron chi connectivity index (χ1n) is 7.74. The van der Waals surface area contributed by atoms with Crippen LogP contribution in [0.4, 0.5) is 4.79 Å². The fourth-order valence-corrected chi connectivity index (χ4v) is 2.42. The number of carbonyl (C=O) groups excluding carboxylic acids is 1. The molecule has 0 spiro atoms. The molecule has 1 fully saturated rings. The van der Waals surface area contributed by atoms with Gasteiger partial charge in [0.15, 0.2) is 0 Å². The lowest BCUT2D eigenvalue weighted by atomic mass is 10.1. The molecule has 1 aliphatic heterocycles. The second kappa shape index (κ2) is 6.17. The Morgan fingerprint density at radius 2 is 2.20 bits per heavy atom. The number of hydrogen-bond acceptors (Lipinski definition) is 3. The molecular formula is C16H28N2O2. The molecule has 0 bridgehead atoms. The van der Waals surface area contributed by atoms with Gasteiger partial charge in [0.1, 0.15) is 5.60 Å². The van der Waals surface area contributed by atoms with Gasteiger partial charge in [0.25, 0.3) is 0 Å². The van der Waals surface area contributed by atoms with Crippen LogP contribution >= 0.6 is 0 Å². The van der Waals surface area contributed by atoms with E-state index in [1.54, 1.807) is 4.90 Å². The minimum Gasteiger partial charge on any atom is -0.444 e. The van der Waals surface area contributed by atoms with Crippen LogP contribution in [0, 0.1) is 5.92 Å². The lowest BCUT2D eigenvalue weighted by molar-refractivity contribution is 0.0265. The van der Waals surface area contributed by atoms with Crippen LogP contribution in [-0.4, -0.2) is 42.3 Å². The van der Waals surface area contributed by atoms with Crippen molar-refractivity contribution in [2.45, 2.75) is 58.6 Å². The molecule has 1 N–H and O–H groups in total. The molecule has 0 aromatic rings. The second-order valence-corrected chi connectivity index (χ2v) is 7.05. The van der Waals surface area contributed by atoms with Crippen molar-refractivity contribution in [2.24, 2.45) is 5.92 Å². The number of ether oxygens (including phenoxy) is 1. The van der Waals surface area contributed by atoms with E-state index in [-0.39, 0.29) is 6.09 Å². The molecule has 0 radical (unpaired) electrons. The number of nitrogens with zero attached hydrogens (tertiary/aromatic N) is 1. The number of carbonyl (C=O) groups is 1. The third kappa shape index (κ3) is 4.82. The number of nitrogens with one attached hydrogen (secondary N) is 1. The van der Waals surface area contributed by atoms with Crippen LogP contribution in [0.2, 0.25) is 0 Å². The van der Waals surface area contributed by atoms with E-state index in [9.17, 15) is 4.79 Å². The second-order valence-electron chi connectivity index (χ2n) is 7.05. The third-order valence-corrected chi connectivity index (χ3v) is 3.94. The highest BCUT2D eigenvalue weighted by Crippen LogP contribution is 2.32. The zero-order chi connectivity index (χ0) is 14.8. The van der Waals surface area contributed by atoms with E-state index < -0.39 is 5.60 Å². The Bertz CT molecular complexity index is 380. The summed E-state index contributed by atoms with van der Waals surface area (Å²) in [6.07, 6.45) is 5.66. The van der Waals surface area contributed by atoms with Crippen molar-refractivity contribution in [3.63, 3.8) is 0 Å². The van der Waals surface area contributed by atoms with Crippen LogP contribution in [0.25, 0.3) is 0 Å². The molecule has 4 nitrogen and oxygen atoms in total. The van der Waals surface area contributed by atoms with Crippen LogP contribution in [0.15, 0.2) is 11.6 Å². The van der Waals surface area contributed by atoms with Crippen molar-refractivity contribution >= 4 is 6.09 Å². The van der Waals surface area contributed by atoms with Crippen molar-refractivity contribution in [1.82, 2.24) is 10.2 Å². The molecule has 0 saturated heterocycles. The van der Waals surface area contributed by atoms with Gasteiger partial charge < -0.3 is 15.0 Å². The molecule has 4 heteroatoms. The highest BCUT2D eigenvalue weighted by molar-refractivity contribution is 5.68. The largest absolute Gasteiger partial charge is 0.444 e. The average Bonchev–Trinajstić information content (AvgIpc) is 3.18. The fraction of sp³-hybridized carbons (Fsp3) is 0.812. The van der Waals surface area contributed by atoms with E-state index in [1.807, 2.05) is 20.8 Å². The third-order valence-electron chi connectivity index (χ3n) is 3.94. The summed E-state index contributed by atoms with van der Waals surface area (Å²) in [4.78, 5) is 13.7. The van der Waals surface area contributed by atoms with Gasteiger partial charge in [-0.15, -0.1) is 0 Å². The summed E-state index contributed by atoms with van der Waals surface area (Å²) in [5.74, 6) is 0.887. The molecule has 1 unspecified atom stereocenters. The number of amides is 1. The number of hydrogen-bond donors (Lipinski definition) is 1. The summed E-state index contributed by atoms with van der Waals surface area (Å²) in [7, 11) is 0.